The van der Waals surface area contributed by atoms with Crippen LogP contribution in [0.3, 0.4) is 0 Å². The molecule has 0 amide bonds. The highest BCUT2D eigenvalue weighted by Gasteiger charge is 2.17. The van der Waals surface area contributed by atoms with Crippen molar-refractivity contribution < 1.29 is 10.0 Å². The quantitative estimate of drug-likeness (QED) is 0.642. The van der Waals surface area contributed by atoms with Gasteiger partial charge in [-0.1, -0.05) is 12.1 Å². The first kappa shape index (κ1) is 15.0. The van der Waals surface area contributed by atoms with E-state index in [0.29, 0.717) is 11.2 Å². The van der Waals surface area contributed by atoms with Crippen molar-refractivity contribution in [2.45, 2.75) is 13.8 Å². The second-order valence-electron chi connectivity index (χ2n) is 5.10. The van der Waals surface area contributed by atoms with E-state index < -0.39 is 7.12 Å². The lowest BCUT2D eigenvalue weighted by molar-refractivity contribution is 0.426. The van der Waals surface area contributed by atoms with Crippen molar-refractivity contribution in [3.8, 4) is 10.6 Å². The zero-order valence-corrected chi connectivity index (χ0v) is 13.4. The Morgan fingerprint density at radius 2 is 1.91 bits per heavy atom. The van der Waals surface area contributed by atoms with E-state index in [2.05, 4.69) is 10.3 Å². The number of aromatic nitrogens is 2. The molecule has 0 radical (unpaired) electrons. The number of hydrogen-bond donors (Lipinski definition) is 3. The number of nitrogens with zero attached hydrogens (tertiary/aromatic N) is 2. The monoisotopic (exact) mass is 313 g/mol. The second kappa shape index (κ2) is 5.68. The van der Waals surface area contributed by atoms with Crippen molar-refractivity contribution >= 4 is 40.5 Å². The Balaban J connectivity index is 2.18. The van der Waals surface area contributed by atoms with E-state index in [1.165, 1.54) is 0 Å². The number of benzene rings is 1. The molecule has 0 unspecified atom stereocenters. The first-order valence-corrected chi connectivity index (χ1v) is 7.74. The molecule has 2 heterocycles. The molecular formula is C15H16BN3O2S. The van der Waals surface area contributed by atoms with Gasteiger partial charge in [-0.3, -0.25) is 0 Å². The zero-order valence-electron chi connectivity index (χ0n) is 12.6. The number of fused-ring (bicyclic) bond motifs is 1. The van der Waals surface area contributed by atoms with E-state index in [0.717, 1.165) is 32.2 Å². The summed E-state index contributed by atoms with van der Waals surface area (Å²) in [4.78, 5) is 10.2. The highest BCUT2D eigenvalue weighted by Crippen LogP contribution is 2.29. The average molecular weight is 313 g/mol. The number of aryl methyl sites for hydroxylation is 2. The van der Waals surface area contributed by atoms with Crippen LogP contribution in [0.25, 0.3) is 21.5 Å². The molecular weight excluding hydrogens is 297 g/mol. The normalized spacial score (nSPS) is 11.0. The van der Waals surface area contributed by atoms with Gasteiger partial charge in [-0.05, 0) is 26.0 Å². The zero-order chi connectivity index (χ0) is 15.9. The van der Waals surface area contributed by atoms with Crippen molar-refractivity contribution in [1.29, 1.82) is 0 Å². The van der Waals surface area contributed by atoms with Crippen molar-refractivity contribution in [3.05, 3.63) is 35.0 Å². The van der Waals surface area contributed by atoms with Gasteiger partial charge in [-0.25, -0.2) is 9.97 Å². The number of thiazole rings is 1. The average Bonchev–Trinajstić information content (AvgIpc) is 2.83. The number of rotatable bonds is 3. The van der Waals surface area contributed by atoms with Gasteiger partial charge in [-0.15, -0.1) is 11.3 Å². The van der Waals surface area contributed by atoms with E-state index in [1.807, 2.05) is 32.0 Å². The minimum atomic E-state index is -1.52. The van der Waals surface area contributed by atoms with Gasteiger partial charge in [0.2, 0.25) is 0 Å². The van der Waals surface area contributed by atoms with Crippen LogP contribution in [0, 0.1) is 13.8 Å². The van der Waals surface area contributed by atoms with Crippen LogP contribution in [-0.4, -0.2) is 34.2 Å². The Morgan fingerprint density at radius 1 is 1.14 bits per heavy atom. The fraction of sp³-hybridized carbons (Fsp3) is 0.200. The van der Waals surface area contributed by atoms with E-state index in [9.17, 15) is 10.0 Å². The van der Waals surface area contributed by atoms with Crippen molar-refractivity contribution in [2.75, 3.05) is 12.4 Å². The smallest absolute Gasteiger partial charge is 0.423 e. The van der Waals surface area contributed by atoms with Crippen LogP contribution in [0.2, 0.25) is 0 Å². The maximum absolute atomic E-state index is 9.46. The fourth-order valence-electron chi connectivity index (χ4n) is 2.51. The van der Waals surface area contributed by atoms with Gasteiger partial charge in [0, 0.05) is 23.6 Å². The van der Waals surface area contributed by atoms with Gasteiger partial charge in [0.25, 0.3) is 0 Å². The molecule has 0 spiro atoms. The fourth-order valence-corrected chi connectivity index (χ4v) is 3.40. The maximum Gasteiger partial charge on any atom is 0.490 e. The highest BCUT2D eigenvalue weighted by atomic mass is 32.1. The molecule has 0 bridgehead atoms. The number of pyridine rings is 1. The molecule has 0 saturated carbocycles. The minimum absolute atomic E-state index is 0.439. The van der Waals surface area contributed by atoms with Gasteiger partial charge in [0.15, 0.2) is 0 Å². The largest absolute Gasteiger partial charge is 0.490 e. The van der Waals surface area contributed by atoms with Crippen molar-refractivity contribution in [3.63, 3.8) is 0 Å². The maximum atomic E-state index is 9.46. The molecule has 1 aromatic carbocycles. The molecule has 3 aromatic rings. The summed E-state index contributed by atoms with van der Waals surface area (Å²) in [5, 5.41) is 23.8. The molecule has 112 valence electrons. The summed E-state index contributed by atoms with van der Waals surface area (Å²) >= 11 is 1.62. The Labute approximate surface area is 132 Å². The lowest BCUT2D eigenvalue weighted by atomic mass is 9.78. The van der Waals surface area contributed by atoms with Crippen LogP contribution >= 0.6 is 11.3 Å². The predicted molar refractivity (Wildman–Crippen MR) is 91.7 cm³/mol. The summed E-state index contributed by atoms with van der Waals surface area (Å²) in [6.07, 6.45) is 0. The third kappa shape index (κ3) is 2.58. The Kier molecular flexibility index (Phi) is 3.86. The van der Waals surface area contributed by atoms with Crippen molar-refractivity contribution in [2.24, 2.45) is 0 Å². The standard InChI is InChI=1S/C15H16BN3O2S/c1-8-15(22-9(2)18-8)12-5-4-10-6-11(16(20)21)14(17-3)7-13(10)19-12/h4-7,17,20-21H,1-3H3. The summed E-state index contributed by atoms with van der Waals surface area (Å²) in [7, 11) is 0.228. The van der Waals surface area contributed by atoms with Crippen molar-refractivity contribution in [1.82, 2.24) is 9.97 Å². The van der Waals surface area contributed by atoms with Crippen LogP contribution in [0.1, 0.15) is 10.7 Å². The Morgan fingerprint density at radius 3 is 2.50 bits per heavy atom. The Hall–Kier alpha value is -1.96. The van der Waals surface area contributed by atoms with E-state index in [1.54, 1.807) is 24.5 Å². The summed E-state index contributed by atoms with van der Waals surface area (Å²) in [5.41, 5.74) is 3.76. The lowest BCUT2D eigenvalue weighted by Gasteiger charge is -2.10. The summed E-state index contributed by atoms with van der Waals surface area (Å²) in [6.45, 7) is 3.96. The summed E-state index contributed by atoms with van der Waals surface area (Å²) in [6, 6.07) is 7.45. The second-order valence-corrected chi connectivity index (χ2v) is 6.30. The molecule has 3 N–H and O–H groups in total. The Bertz CT molecular complexity index is 848. The van der Waals surface area contributed by atoms with Gasteiger partial charge in [0.05, 0.1) is 26.8 Å². The van der Waals surface area contributed by atoms with Crippen LogP contribution < -0.4 is 10.8 Å². The molecule has 0 fully saturated rings. The van der Waals surface area contributed by atoms with Gasteiger partial charge in [-0.2, -0.15) is 0 Å². The van der Waals surface area contributed by atoms with Gasteiger partial charge < -0.3 is 15.4 Å². The predicted octanol–water partition coefficient (Wildman–Crippen LogP) is 1.70. The number of nitrogens with one attached hydrogen (secondary N) is 1. The third-order valence-corrected chi connectivity index (χ3v) is 4.64. The molecule has 0 atom stereocenters. The number of hydrogen-bond acceptors (Lipinski definition) is 6. The SMILES string of the molecule is CNc1cc2nc(-c3sc(C)nc3C)ccc2cc1B(O)O. The van der Waals surface area contributed by atoms with E-state index in [4.69, 9.17) is 4.98 Å². The highest BCUT2D eigenvalue weighted by molar-refractivity contribution is 7.15. The molecule has 0 saturated heterocycles. The molecule has 3 rings (SSSR count). The molecule has 0 aliphatic carbocycles. The molecule has 7 heteroatoms. The van der Waals surface area contributed by atoms with Crippen LogP contribution in [0.4, 0.5) is 5.69 Å². The van der Waals surface area contributed by atoms with Crippen LogP contribution in [-0.2, 0) is 0 Å². The van der Waals surface area contributed by atoms with Gasteiger partial charge >= 0.3 is 7.12 Å². The molecule has 22 heavy (non-hydrogen) atoms. The third-order valence-electron chi connectivity index (χ3n) is 3.54. The van der Waals surface area contributed by atoms with E-state index in [-0.39, 0.29) is 0 Å². The topological polar surface area (TPSA) is 78.3 Å². The molecule has 0 aliphatic heterocycles. The van der Waals surface area contributed by atoms with Crippen LogP contribution in [0.15, 0.2) is 24.3 Å². The summed E-state index contributed by atoms with van der Waals surface area (Å²) < 4.78 is 0. The summed E-state index contributed by atoms with van der Waals surface area (Å²) in [5.74, 6) is 0. The van der Waals surface area contributed by atoms with E-state index >= 15 is 0 Å². The first-order chi connectivity index (χ1) is 10.5. The molecule has 2 aromatic heterocycles. The molecule has 5 nitrogen and oxygen atoms in total. The minimum Gasteiger partial charge on any atom is -0.423 e. The van der Waals surface area contributed by atoms with Gasteiger partial charge in [0.1, 0.15) is 0 Å². The molecule has 0 aliphatic rings. The lowest BCUT2D eigenvalue weighted by Crippen LogP contribution is -2.32. The first-order valence-electron chi connectivity index (χ1n) is 6.92. The van der Waals surface area contributed by atoms with Crippen LogP contribution in [0.5, 0.6) is 0 Å². The number of anilines is 1.